The van der Waals surface area contributed by atoms with Gasteiger partial charge in [0.2, 0.25) is 5.28 Å². The molecule has 0 aliphatic rings. The Labute approximate surface area is 71.9 Å². The van der Waals surface area contributed by atoms with Crippen molar-refractivity contribution >= 4 is 34.5 Å². The van der Waals surface area contributed by atoms with Gasteiger partial charge in [0, 0.05) is 11.8 Å². The second-order valence-corrected chi connectivity index (χ2v) is 2.61. The van der Waals surface area contributed by atoms with Gasteiger partial charge in [0.1, 0.15) is 11.8 Å². The number of fused-ring (bicyclic) bond motifs is 1. The second-order valence-electron chi connectivity index (χ2n) is 1.90. The summed E-state index contributed by atoms with van der Waals surface area (Å²) in [5, 5.41) is 0.174. The monoisotopic (exact) mass is 188 g/mol. The van der Waals surface area contributed by atoms with Crippen LogP contribution in [0.15, 0.2) is 12.5 Å². The highest BCUT2D eigenvalue weighted by atomic mass is 35.5. The highest BCUT2D eigenvalue weighted by Crippen LogP contribution is 2.11. The van der Waals surface area contributed by atoms with E-state index in [0.29, 0.717) is 11.2 Å². The van der Waals surface area contributed by atoms with Crippen molar-refractivity contribution in [3.8, 4) is 0 Å². The zero-order chi connectivity index (χ0) is 7.84. The third-order valence-corrected chi connectivity index (χ3v) is 1.68. The van der Waals surface area contributed by atoms with Crippen LogP contribution >= 0.6 is 23.4 Å². The third-order valence-electron chi connectivity index (χ3n) is 1.23. The van der Waals surface area contributed by atoms with Crippen molar-refractivity contribution < 1.29 is 0 Å². The minimum Gasteiger partial charge on any atom is -0.237 e. The van der Waals surface area contributed by atoms with Gasteiger partial charge < -0.3 is 0 Å². The molecule has 2 heterocycles. The number of imidazole rings is 1. The van der Waals surface area contributed by atoms with Gasteiger partial charge in [0.25, 0.3) is 0 Å². The van der Waals surface area contributed by atoms with Crippen LogP contribution in [-0.2, 0) is 0 Å². The number of nitrogens with zero attached hydrogens (tertiary/aromatic N) is 4. The highest BCUT2D eigenvalue weighted by molar-refractivity contribution is 6.28. The van der Waals surface area contributed by atoms with Crippen molar-refractivity contribution in [1.82, 2.24) is 19.0 Å². The summed E-state index contributed by atoms with van der Waals surface area (Å²) in [5.74, 6) is 0. The lowest BCUT2D eigenvalue weighted by molar-refractivity contribution is 1.20. The molecule has 4 nitrogen and oxygen atoms in total. The summed E-state index contributed by atoms with van der Waals surface area (Å²) < 4.78 is 1.31. The molecule has 0 N–H and O–H groups in total. The Kier molecular flexibility index (Phi) is 1.44. The van der Waals surface area contributed by atoms with Crippen LogP contribution in [-0.4, -0.2) is 19.0 Å². The summed E-state index contributed by atoms with van der Waals surface area (Å²) in [6.07, 6.45) is 2.96. The number of halogens is 2. The summed E-state index contributed by atoms with van der Waals surface area (Å²) in [6, 6.07) is 0. The predicted octanol–water partition coefficient (Wildman–Crippen LogP) is 1.48. The molecule has 56 valence electrons. The fraction of sp³-hybridized carbons (Fsp3) is 0. The summed E-state index contributed by atoms with van der Waals surface area (Å²) in [4.78, 5) is 11.5. The van der Waals surface area contributed by atoms with Crippen LogP contribution in [0.5, 0.6) is 0 Å². The van der Waals surface area contributed by atoms with Gasteiger partial charge in [-0.3, -0.25) is 0 Å². The van der Waals surface area contributed by atoms with E-state index in [2.05, 4.69) is 15.0 Å². The molecular formula is C5H2Cl2N4. The third kappa shape index (κ3) is 1.04. The predicted molar refractivity (Wildman–Crippen MR) is 41.6 cm³/mol. The zero-order valence-corrected chi connectivity index (χ0v) is 6.71. The van der Waals surface area contributed by atoms with Crippen LogP contribution in [0.25, 0.3) is 11.2 Å². The van der Waals surface area contributed by atoms with Gasteiger partial charge in [-0.05, 0) is 11.6 Å². The molecule has 0 aromatic carbocycles. The van der Waals surface area contributed by atoms with Crippen molar-refractivity contribution in [3.63, 3.8) is 0 Å². The van der Waals surface area contributed by atoms with Gasteiger partial charge in [-0.25, -0.2) is 14.1 Å². The maximum Gasteiger partial charge on any atom is 0.224 e. The van der Waals surface area contributed by atoms with Gasteiger partial charge in [0.15, 0.2) is 5.65 Å². The summed E-state index contributed by atoms with van der Waals surface area (Å²) in [5.41, 5.74) is 1.15. The van der Waals surface area contributed by atoms with Crippen LogP contribution in [0.2, 0.25) is 5.28 Å². The lowest BCUT2D eigenvalue weighted by Gasteiger charge is -1.88. The molecule has 2 rings (SSSR count). The fourth-order valence-corrected chi connectivity index (χ4v) is 1.05. The molecule has 0 bridgehead atoms. The minimum atomic E-state index is 0.174. The first-order chi connectivity index (χ1) is 5.27. The van der Waals surface area contributed by atoms with Gasteiger partial charge in [-0.1, -0.05) is 0 Å². The van der Waals surface area contributed by atoms with E-state index >= 15 is 0 Å². The number of aromatic nitrogens is 4. The van der Waals surface area contributed by atoms with Crippen molar-refractivity contribution in [2.24, 2.45) is 0 Å². The fourth-order valence-electron chi connectivity index (χ4n) is 0.759. The Bertz CT molecular complexity index is 396. The van der Waals surface area contributed by atoms with Crippen molar-refractivity contribution in [2.45, 2.75) is 0 Å². The molecule has 0 spiro atoms. The highest BCUT2D eigenvalue weighted by Gasteiger charge is 2.02. The van der Waals surface area contributed by atoms with Crippen molar-refractivity contribution in [3.05, 3.63) is 17.8 Å². The van der Waals surface area contributed by atoms with E-state index in [1.807, 2.05) is 0 Å². The molecule has 0 saturated heterocycles. The Morgan fingerprint density at radius 1 is 1.36 bits per heavy atom. The van der Waals surface area contributed by atoms with Gasteiger partial charge in [-0.15, -0.1) is 0 Å². The van der Waals surface area contributed by atoms with Gasteiger partial charge in [0.05, 0.1) is 6.20 Å². The van der Waals surface area contributed by atoms with Crippen molar-refractivity contribution in [2.75, 3.05) is 0 Å². The second kappa shape index (κ2) is 2.32. The molecule has 0 amide bonds. The molecule has 0 atom stereocenters. The lowest BCUT2D eigenvalue weighted by Crippen LogP contribution is -1.83. The first-order valence-corrected chi connectivity index (χ1v) is 3.51. The molecule has 0 fully saturated rings. The van der Waals surface area contributed by atoms with Crippen LogP contribution < -0.4 is 0 Å². The summed E-state index contributed by atoms with van der Waals surface area (Å²) in [7, 11) is 0. The van der Waals surface area contributed by atoms with Gasteiger partial charge in [-0.2, -0.15) is 4.98 Å². The first-order valence-electron chi connectivity index (χ1n) is 2.79. The maximum absolute atomic E-state index is 5.66. The Hall–Kier alpha value is -0.870. The normalized spacial score (nSPS) is 10.7. The van der Waals surface area contributed by atoms with Crippen molar-refractivity contribution in [1.29, 1.82) is 0 Å². The van der Waals surface area contributed by atoms with E-state index in [1.165, 1.54) is 16.6 Å². The van der Waals surface area contributed by atoms with Crippen LogP contribution in [0, 0.1) is 0 Å². The molecule has 11 heavy (non-hydrogen) atoms. The molecule has 6 heteroatoms. The number of hydrogen-bond acceptors (Lipinski definition) is 3. The van der Waals surface area contributed by atoms with Gasteiger partial charge >= 0.3 is 0 Å². The maximum atomic E-state index is 5.66. The largest absolute Gasteiger partial charge is 0.237 e. The molecule has 0 radical (unpaired) electrons. The quantitative estimate of drug-likeness (QED) is 0.589. The molecule has 0 unspecified atom stereocenters. The average Bonchev–Trinajstić information content (AvgIpc) is 2.32. The van der Waals surface area contributed by atoms with Crippen LogP contribution in [0.4, 0.5) is 0 Å². The average molecular weight is 189 g/mol. The number of hydrogen-bond donors (Lipinski definition) is 0. The molecule has 2 aromatic rings. The smallest absolute Gasteiger partial charge is 0.224 e. The lowest BCUT2D eigenvalue weighted by atomic mass is 10.6. The van der Waals surface area contributed by atoms with E-state index in [9.17, 15) is 0 Å². The molecule has 0 aliphatic carbocycles. The standard InChI is InChI=1S/C5H2Cl2N4/c6-5-8-1-3-4(10-5)9-2-11(3)7/h1-2H. The Morgan fingerprint density at radius 3 is 3.00 bits per heavy atom. The molecular weight excluding hydrogens is 187 g/mol. The van der Waals surface area contributed by atoms with E-state index in [1.54, 1.807) is 0 Å². The van der Waals surface area contributed by atoms with Crippen LogP contribution in [0.3, 0.4) is 0 Å². The Balaban J connectivity index is 2.86. The van der Waals surface area contributed by atoms with E-state index in [4.69, 9.17) is 23.4 Å². The van der Waals surface area contributed by atoms with E-state index in [-0.39, 0.29) is 5.28 Å². The van der Waals surface area contributed by atoms with Crippen LogP contribution in [0.1, 0.15) is 0 Å². The molecule has 2 aromatic heterocycles. The topological polar surface area (TPSA) is 43.6 Å². The zero-order valence-electron chi connectivity index (χ0n) is 5.20. The minimum absolute atomic E-state index is 0.174. The SMILES string of the molecule is Clc1ncc2c(ncn2Cl)n1. The van der Waals surface area contributed by atoms with E-state index in [0.717, 1.165) is 0 Å². The Morgan fingerprint density at radius 2 is 2.18 bits per heavy atom. The summed E-state index contributed by atoms with van der Waals surface area (Å²) >= 11 is 11.2. The van der Waals surface area contributed by atoms with E-state index < -0.39 is 0 Å². The molecule has 0 saturated carbocycles. The molecule has 0 aliphatic heterocycles. The first kappa shape index (κ1) is 6.82. The summed E-state index contributed by atoms with van der Waals surface area (Å²) in [6.45, 7) is 0. The number of rotatable bonds is 0.